The molecule has 0 aromatic heterocycles. The van der Waals surface area contributed by atoms with Gasteiger partial charge < -0.3 is 10.6 Å². The van der Waals surface area contributed by atoms with Crippen molar-refractivity contribution < 1.29 is 4.79 Å². The van der Waals surface area contributed by atoms with E-state index in [1.54, 1.807) is 0 Å². The lowest BCUT2D eigenvalue weighted by atomic mass is 10.0. The van der Waals surface area contributed by atoms with Crippen LogP contribution >= 0.6 is 0 Å². The first kappa shape index (κ1) is 12.5. The molecule has 0 aromatic carbocycles. The van der Waals surface area contributed by atoms with E-state index in [9.17, 15) is 4.79 Å². The minimum atomic E-state index is 0.174. The molecule has 0 aliphatic heterocycles. The van der Waals surface area contributed by atoms with E-state index in [4.69, 9.17) is 0 Å². The molecule has 0 heterocycles. The quantitative estimate of drug-likeness (QED) is 0.756. The zero-order valence-corrected chi connectivity index (χ0v) is 11.6. The first-order valence-corrected chi connectivity index (χ1v) is 7.73. The Balaban J connectivity index is 1.37. The van der Waals surface area contributed by atoms with Crippen molar-refractivity contribution >= 4 is 5.91 Å². The number of hydrogen-bond donors (Lipinski definition) is 2. The minimum absolute atomic E-state index is 0.174. The highest BCUT2D eigenvalue weighted by molar-refractivity contribution is 5.78. The Bertz CT molecular complexity index is 314. The van der Waals surface area contributed by atoms with E-state index < -0.39 is 0 Å². The Morgan fingerprint density at radius 1 is 1.28 bits per heavy atom. The summed E-state index contributed by atoms with van der Waals surface area (Å²) in [6.45, 7) is 4.76. The van der Waals surface area contributed by atoms with Crippen LogP contribution in [0.4, 0.5) is 0 Å². The molecule has 3 aliphatic carbocycles. The predicted molar refractivity (Wildman–Crippen MR) is 72.1 cm³/mol. The average Bonchev–Trinajstić information content (AvgIpc) is 2.72. The van der Waals surface area contributed by atoms with E-state index in [2.05, 4.69) is 24.5 Å². The molecule has 3 rings (SSSR count). The number of carbonyl (C=O) groups excluding carboxylic acids is 1. The van der Waals surface area contributed by atoms with Gasteiger partial charge in [-0.1, -0.05) is 13.3 Å². The molecule has 102 valence electrons. The topological polar surface area (TPSA) is 41.1 Å². The van der Waals surface area contributed by atoms with Crippen molar-refractivity contribution in [2.24, 2.45) is 23.7 Å². The maximum Gasteiger partial charge on any atom is 0.234 e. The number of carbonyl (C=O) groups is 1. The van der Waals surface area contributed by atoms with Crippen LogP contribution in [-0.4, -0.2) is 24.5 Å². The molecule has 0 aromatic rings. The summed E-state index contributed by atoms with van der Waals surface area (Å²) in [5.41, 5.74) is 0. The maximum absolute atomic E-state index is 11.8. The summed E-state index contributed by atoms with van der Waals surface area (Å²) in [5, 5.41) is 6.56. The lowest BCUT2D eigenvalue weighted by Gasteiger charge is -2.14. The second-order valence-corrected chi connectivity index (χ2v) is 6.65. The minimum Gasteiger partial charge on any atom is -0.353 e. The molecule has 3 aliphatic rings. The lowest BCUT2D eigenvalue weighted by Crippen LogP contribution is -2.40. The fraction of sp³-hybridized carbons (Fsp3) is 0.933. The van der Waals surface area contributed by atoms with Gasteiger partial charge in [0, 0.05) is 12.1 Å². The summed E-state index contributed by atoms with van der Waals surface area (Å²) < 4.78 is 0. The van der Waals surface area contributed by atoms with Gasteiger partial charge in [-0.2, -0.15) is 0 Å². The molecule has 3 heteroatoms. The van der Waals surface area contributed by atoms with Gasteiger partial charge in [0.1, 0.15) is 0 Å². The summed E-state index contributed by atoms with van der Waals surface area (Å²) in [6, 6.07) is 0.989. The molecule has 5 unspecified atom stereocenters. The van der Waals surface area contributed by atoms with Crippen LogP contribution in [0.1, 0.15) is 46.0 Å². The van der Waals surface area contributed by atoms with E-state index in [1.165, 1.54) is 19.3 Å². The van der Waals surface area contributed by atoms with Gasteiger partial charge in [-0.3, -0.25) is 4.79 Å². The normalized spacial score (nSPS) is 41.6. The summed E-state index contributed by atoms with van der Waals surface area (Å²) in [6.07, 6.45) is 6.58. The third-order valence-corrected chi connectivity index (χ3v) is 5.36. The maximum atomic E-state index is 11.8. The highest BCUT2D eigenvalue weighted by Crippen LogP contribution is 2.65. The van der Waals surface area contributed by atoms with E-state index in [0.717, 1.165) is 36.5 Å². The van der Waals surface area contributed by atoms with Gasteiger partial charge in [-0.05, 0) is 56.3 Å². The Hall–Kier alpha value is -0.570. The molecule has 0 saturated heterocycles. The van der Waals surface area contributed by atoms with Crippen LogP contribution < -0.4 is 10.6 Å². The third-order valence-electron chi connectivity index (χ3n) is 5.36. The van der Waals surface area contributed by atoms with Crippen LogP contribution in [0.3, 0.4) is 0 Å². The van der Waals surface area contributed by atoms with Crippen LogP contribution in [0.15, 0.2) is 0 Å². The highest BCUT2D eigenvalue weighted by Gasteiger charge is 2.64. The molecular weight excluding hydrogens is 224 g/mol. The van der Waals surface area contributed by atoms with Crippen molar-refractivity contribution in [2.45, 2.75) is 58.0 Å². The molecule has 1 amide bonds. The van der Waals surface area contributed by atoms with Crippen molar-refractivity contribution in [3.8, 4) is 0 Å². The number of amides is 1. The number of nitrogens with one attached hydrogen (secondary N) is 2. The molecule has 0 spiro atoms. The summed E-state index contributed by atoms with van der Waals surface area (Å²) in [5.74, 6) is 3.99. The zero-order valence-electron chi connectivity index (χ0n) is 11.6. The van der Waals surface area contributed by atoms with E-state index >= 15 is 0 Å². The number of hydrogen-bond acceptors (Lipinski definition) is 2. The summed E-state index contributed by atoms with van der Waals surface area (Å²) in [7, 11) is 0. The van der Waals surface area contributed by atoms with Gasteiger partial charge >= 0.3 is 0 Å². The Morgan fingerprint density at radius 2 is 1.94 bits per heavy atom. The molecule has 3 nitrogen and oxygen atoms in total. The van der Waals surface area contributed by atoms with Crippen molar-refractivity contribution in [3.63, 3.8) is 0 Å². The van der Waals surface area contributed by atoms with Crippen molar-refractivity contribution in [3.05, 3.63) is 0 Å². The molecular formula is C15H26N2O. The van der Waals surface area contributed by atoms with Crippen LogP contribution in [-0.2, 0) is 4.79 Å². The van der Waals surface area contributed by atoms with Gasteiger partial charge in [0.15, 0.2) is 0 Å². The molecule has 2 bridgehead atoms. The van der Waals surface area contributed by atoms with Gasteiger partial charge in [0.2, 0.25) is 5.91 Å². The van der Waals surface area contributed by atoms with Crippen LogP contribution in [0.5, 0.6) is 0 Å². The second kappa shape index (κ2) is 4.84. The summed E-state index contributed by atoms with van der Waals surface area (Å²) >= 11 is 0. The van der Waals surface area contributed by atoms with E-state index in [-0.39, 0.29) is 5.91 Å². The van der Waals surface area contributed by atoms with E-state index in [0.29, 0.717) is 18.6 Å². The van der Waals surface area contributed by atoms with Crippen molar-refractivity contribution in [2.75, 3.05) is 6.54 Å². The smallest absolute Gasteiger partial charge is 0.234 e. The predicted octanol–water partition coefficient (Wildman–Crippen LogP) is 1.93. The Kier molecular flexibility index (Phi) is 3.35. The molecule has 2 N–H and O–H groups in total. The fourth-order valence-corrected chi connectivity index (χ4v) is 4.64. The van der Waals surface area contributed by atoms with Gasteiger partial charge in [-0.15, -0.1) is 0 Å². The monoisotopic (exact) mass is 250 g/mol. The Labute approximate surface area is 110 Å². The van der Waals surface area contributed by atoms with Crippen LogP contribution in [0.25, 0.3) is 0 Å². The standard InChI is InChI=1S/C15H26N2O/c1-3-4-9(2)17-12(18)8-16-15-13-10-5-6-11(7-10)14(13)15/h9-11,13-16H,3-8H2,1-2H3,(H,17,18). The SMILES string of the molecule is CCCC(C)NC(=O)CNC1C2C3CCC(C3)C12. The van der Waals surface area contributed by atoms with Gasteiger partial charge in [0.25, 0.3) is 0 Å². The van der Waals surface area contributed by atoms with Crippen LogP contribution in [0.2, 0.25) is 0 Å². The van der Waals surface area contributed by atoms with Crippen LogP contribution in [0, 0.1) is 23.7 Å². The first-order valence-electron chi connectivity index (χ1n) is 7.73. The third kappa shape index (κ3) is 2.18. The average molecular weight is 250 g/mol. The fourth-order valence-electron chi connectivity index (χ4n) is 4.64. The highest BCUT2D eigenvalue weighted by atomic mass is 16.1. The van der Waals surface area contributed by atoms with Crippen molar-refractivity contribution in [1.29, 1.82) is 0 Å². The summed E-state index contributed by atoms with van der Waals surface area (Å²) in [4.78, 5) is 11.8. The molecule has 18 heavy (non-hydrogen) atoms. The lowest BCUT2D eigenvalue weighted by molar-refractivity contribution is -0.120. The molecule has 3 saturated carbocycles. The number of fused-ring (bicyclic) bond motifs is 5. The first-order chi connectivity index (χ1) is 8.70. The Morgan fingerprint density at radius 3 is 2.56 bits per heavy atom. The number of rotatable bonds is 6. The largest absolute Gasteiger partial charge is 0.353 e. The zero-order chi connectivity index (χ0) is 12.7. The molecule has 5 atom stereocenters. The van der Waals surface area contributed by atoms with Gasteiger partial charge in [0.05, 0.1) is 6.54 Å². The van der Waals surface area contributed by atoms with E-state index in [1.807, 2.05) is 0 Å². The van der Waals surface area contributed by atoms with Gasteiger partial charge in [-0.25, -0.2) is 0 Å². The van der Waals surface area contributed by atoms with Crippen molar-refractivity contribution in [1.82, 2.24) is 10.6 Å². The second-order valence-electron chi connectivity index (χ2n) is 6.65. The molecule has 3 fully saturated rings. The molecule has 0 radical (unpaired) electrons.